The maximum Gasteiger partial charge on any atom is 0.416 e. The summed E-state index contributed by atoms with van der Waals surface area (Å²) >= 11 is 6.03. The van der Waals surface area contributed by atoms with Gasteiger partial charge < -0.3 is 5.11 Å². The number of amides is 3. The second kappa shape index (κ2) is 7.33. The Balaban J connectivity index is 1.74. The average Bonchev–Trinajstić information content (AvgIpc) is 3.08. The minimum Gasteiger partial charge on any atom is -0.480 e. The summed E-state index contributed by atoms with van der Waals surface area (Å²) in [6, 6.07) is 8.31. The number of fused-ring (bicyclic) bond motifs is 2. The predicted octanol–water partition coefficient (Wildman–Crippen LogP) is 2.99. The van der Waals surface area contributed by atoms with E-state index in [2.05, 4.69) is 0 Å². The van der Waals surface area contributed by atoms with Crippen LogP contribution in [0, 0.1) is 0 Å². The minimum absolute atomic E-state index is 0.0535. The first kappa shape index (κ1) is 21.8. The lowest BCUT2D eigenvalue weighted by atomic mass is 9.80. The van der Waals surface area contributed by atoms with Gasteiger partial charge in [-0.25, -0.2) is 0 Å². The highest BCUT2D eigenvalue weighted by Crippen LogP contribution is 2.49. The molecule has 32 heavy (non-hydrogen) atoms. The van der Waals surface area contributed by atoms with Gasteiger partial charge in [0.05, 0.1) is 18.5 Å². The first-order chi connectivity index (χ1) is 14.9. The lowest BCUT2D eigenvalue weighted by Crippen LogP contribution is -2.47. The first-order valence-corrected chi connectivity index (χ1v) is 9.67. The maximum atomic E-state index is 13.4. The standard InChI is InChI=1S/C21H14ClF3N2O5/c22-13-4-5-15-14(7-13)20(18(31)26(15)10-17(29)30)8-16(28)27(19(20)32)9-11-2-1-3-12(6-11)21(23,24)25/h1-7H,8-10H2,(H,29,30). The van der Waals surface area contributed by atoms with Crippen LogP contribution in [-0.4, -0.2) is 40.2 Å². The smallest absolute Gasteiger partial charge is 0.416 e. The molecule has 1 atom stereocenters. The second-order valence-corrected chi connectivity index (χ2v) is 7.95. The Bertz CT molecular complexity index is 1180. The normalized spacial score (nSPS) is 20.4. The van der Waals surface area contributed by atoms with Crippen molar-refractivity contribution in [1.82, 2.24) is 4.90 Å². The molecule has 0 saturated carbocycles. The van der Waals surface area contributed by atoms with Crippen molar-refractivity contribution in [3.05, 3.63) is 64.2 Å². The summed E-state index contributed by atoms with van der Waals surface area (Å²) in [6.07, 6.45) is -5.18. The number of hydrogen-bond acceptors (Lipinski definition) is 4. The fraction of sp³-hybridized carbons (Fsp3) is 0.238. The highest BCUT2D eigenvalue weighted by molar-refractivity contribution is 6.32. The molecule has 7 nitrogen and oxygen atoms in total. The largest absolute Gasteiger partial charge is 0.480 e. The summed E-state index contributed by atoms with van der Waals surface area (Å²) in [5.41, 5.74) is -2.65. The number of hydrogen-bond donors (Lipinski definition) is 1. The van der Waals surface area contributed by atoms with Crippen LogP contribution in [0.25, 0.3) is 0 Å². The molecule has 2 aromatic carbocycles. The number of carbonyl (C=O) groups is 4. The number of benzene rings is 2. The van der Waals surface area contributed by atoms with Gasteiger partial charge in [-0.2, -0.15) is 13.2 Å². The fourth-order valence-electron chi connectivity index (χ4n) is 4.14. The number of anilines is 1. The van der Waals surface area contributed by atoms with Crippen molar-refractivity contribution in [1.29, 1.82) is 0 Å². The topological polar surface area (TPSA) is 95.0 Å². The van der Waals surface area contributed by atoms with E-state index in [4.69, 9.17) is 11.6 Å². The number of carboxylic acids is 1. The van der Waals surface area contributed by atoms with E-state index < -0.39 is 60.4 Å². The first-order valence-electron chi connectivity index (χ1n) is 9.30. The molecule has 11 heteroatoms. The van der Waals surface area contributed by atoms with Crippen LogP contribution in [0.15, 0.2) is 42.5 Å². The number of carbonyl (C=O) groups excluding carboxylic acids is 3. The van der Waals surface area contributed by atoms with Crippen LogP contribution in [0.5, 0.6) is 0 Å². The number of likely N-dealkylation sites (tertiary alicyclic amines) is 1. The Kier molecular flexibility index (Phi) is 5.00. The van der Waals surface area contributed by atoms with Gasteiger partial charge in [0.25, 0.3) is 0 Å². The van der Waals surface area contributed by atoms with E-state index in [9.17, 15) is 37.5 Å². The van der Waals surface area contributed by atoms with Gasteiger partial charge in [0.15, 0.2) is 5.41 Å². The molecule has 1 saturated heterocycles. The molecule has 1 fully saturated rings. The number of nitrogens with zero attached hydrogens (tertiary/aromatic N) is 2. The molecular formula is C21H14ClF3N2O5. The Morgan fingerprint density at radius 1 is 1.06 bits per heavy atom. The molecule has 2 aromatic rings. The average molecular weight is 467 g/mol. The number of alkyl halides is 3. The molecule has 2 aliphatic heterocycles. The third-order valence-electron chi connectivity index (χ3n) is 5.54. The van der Waals surface area contributed by atoms with Gasteiger partial charge in [0.1, 0.15) is 6.54 Å². The lowest BCUT2D eigenvalue weighted by Gasteiger charge is -2.22. The second-order valence-electron chi connectivity index (χ2n) is 7.51. The summed E-state index contributed by atoms with van der Waals surface area (Å²) < 4.78 is 39.1. The minimum atomic E-state index is -4.61. The van der Waals surface area contributed by atoms with Crippen LogP contribution in [-0.2, 0) is 37.3 Å². The van der Waals surface area contributed by atoms with Crippen LogP contribution in [0.3, 0.4) is 0 Å². The number of imide groups is 1. The van der Waals surface area contributed by atoms with Gasteiger partial charge in [-0.3, -0.25) is 29.0 Å². The maximum absolute atomic E-state index is 13.4. The van der Waals surface area contributed by atoms with Gasteiger partial charge in [-0.05, 0) is 35.9 Å². The van der Waals surface area contributed by atoms with Crippen LogP contribution < -0.4 is 4.90 Å². The van der Waals surface area contributed by atoms with Crippen molar-refractivity contribution in [2.45, 2.75) is 24.6 Å². The molecule has 0 aromatic heterocycles. The fourth-order valence-corrected chi connectivity index (χ4v) is 4.31. The van der Waals surface area contributed by atoms with Crippen molar-refractivity contribution in [2.75, 3.05) is 11.4 Å². The molecule has 0 bridgehead atoms. The van der Waals surface area contributed by atoms with E-state index in [0.29, 0.717) is 0 Å². The number of aliphatic carboxylic acids is 1. The van der Waals surface area contributed by atoms with Gasteiger partial charge in [-0.1, -0.05) is 23.7 Å². The Morgan fingerprint density at radius 3 is 2.41 bits per heavy atom. The summed E-state index contributed by atoms with van der Waals surface area (Å²) in [6.45, 7) is -1.20. The van der Waals surface area contributed by atoms with Crippen molar-refractivity contribution >= 4 is 41.0 Å². The summed E-state index contributed by atoms with van der Waals surface area (Å²) in [5, 5.41) is 9.36. The zero-order valence-corrected chi connectivity index (χ0v) is 16.9. The Hall–Kier alpha value is -3.40. The molecule has 3 amide bonds. The van der Waals surface area contributed by atoms with Crippen LogP contribution in [0.2, 0.25) is 5.02 Å². The van der Waals surface area contributed by atoms with Crippen molar-refractivity contribution in [3.63, 3.8) is 0 Å². The van der Waals surface area contributed by atoms with E-state index in [-0.39, 0.29) is 21.8 Å². The molecule has 1 spiro atoms. The van der Waals surface area contributed by atoms with Crippen LogP contribution in [0.4, 0.5) is 18.9 Å². The predicted molar refractivity (Wildman–Crippen MR) is 105 cm³/mol. The zero-order valence-electron chi connectivity index (χ0n) is 16.1. The molecule has 2 aliphatic rings. The quantitative estimate of drug-likeness (QED) is 0.552. The Morgan fingerprint density at radius 2 is 1.75 bits per heavy atom. The van der Waals surface area contributed by atoms with E-state index in [1.54, 1.807) is 0 Å². The third-order valence-corrected chi connectivity index (χ3v) is 5.77. The molecule has 0 aliphatic carbocycles. The van der Waals surface area contributed by atoms with Crippen molar-refractivity contribution < 1.29 is 37.5 Å². The number of rotatable bonds is 4. The molecule has 166 valence electrons. The van der Waals surface area contributed by atoms with Gasteiger partial charge >= 0.3 is 12.1 Å². The van der Waals surface area contributed by atoms with Crippen LogP contribution in [0.1, 0.15) is 23.1 Å². The summed E-state index contributed by atoms with van der Waals surface area (Å²) in [7, 11) is 0. The van der Waals surface area contributed by atoms with E-state index in [1.165, 1.54) is 24.3 Å². The number of carboxylic acid groups (broad SMARTS) is 1. The van der Waals surface area contributed by atoms with Crippen LogP contribution >= 0.6 is 11.6 Å². The van der Waals surface area contributed by atoms with Crippen molar-refractivity contribution in [2.24, 2.45) is 0 Å². The van der Waals surface area contributed by atoms with Gasteiger partial charge in [-0.15, -0.1) is 0 Å². The molecular weight excluding hydrogens is 453 g/mol. The van der Waals surface area contributed by atoms with Gasteiger partial charge in [0.2, 0.25) is 17.7 Å². The number of halogens is 4. The van der Waals surface area contributed by atoms with E-state index >= 15 is 0 Å². The summed E-state index contributed by atoms with van der Waals surface area (Å²) in [4.78, 5) is 52.3. The molecule has 4 rings (SSSR count). The Labute approximate surface area is 184 Å². The highest BCUT2D eigenvalue weighted by Gasteiger charge is 2.63. The van der Waals surface area contributed by atoms with Crippen molar-refractivity contribution in [3.8, 4) is 0 Å². The highest BCUT2D eigenvalue weighted by atomic mass is 35.5. The van der Waals surface area contributed by atoms with E-state index in [1.807, 2.05) is 0 Å². The molecule has 2 heterocycles. The van der Waals surface area contributed by atoms with E-state index in [0.717, 1.165) is 28.0 Å². The lowest BCUT2D eigenvalue weighted by molar-refractivity contribution is -0.143. The monoisotopic (exact) mass is 466 g/mol. The molecule has 0 radical (unpaired) electrons. The molecule has 1 N–H and O–H groups in total. The SMILES string of the molecule is O=C(O)CN1C(=O)C2(CC(=O)N(Cc3cccc(C(F)(F)F)c3)C2=O)c2cc(Cl)ccc21. The summed E-state index contributed by atoms with van der Waals surface area (Å²) in [5.74, 6) is -3.90. The third kappa shape index (κ3) is 3.31. The van der Waals surface area contributed by atoms with Gasteiger partial charge in [0, 0.05) is 16.3 Å². The molecule has 1 unspecified atom stereocenters. The zero-order chi connectivity index (χ0) is 23.4.